The number of rotatable bonds is 5. The molecule has 0 aliphatic rings. The molecule has 0 spiro atoms. The van der Waals surface area contributed by atoms with Crippen molar-refractivity contribution in [2.24, 2.45) is 0 Å². The van der Waals surface area contributed by atoms with E-state index in [0.717, 1.165) is 33.4 Å². The van der Waals surface area contributed by atoms with Gasteiger partial charge in [0, 0.05) is 22.9 Å². The molecule has 2 heterocycles. The Morgan fingerprint density at radius 2 is 1.72 bits per heavy atom. The number of aromatic nitrogens is 1. The van der Waals surface area contributed by atoms with Crippen molar-refractivity contribution in [3.8, 4) is 22.8 Å². The standard InChI is InChI=1S/C29H22Cl2N2O3/c1-16-7-8-19(29-33-24-13-17(2)18(3)14-26(24)36-29)15-23(16)32-27(34)12-10-20-9-11-25(35-20)21-5-4-6-22(30)28(21)31/h4-15H,1-3H3,(H,32,34)/b12-10+. The zero-order chi connectivity index (χ0) is 25.4. The van der Waals surface area contributed by atoms with Gasteiger partial charge in [-0.25, -0.2) is 4.98 Å². The van der Waals surface area contributed by atoms with Gasteiger partial charge in [-0.1, -0.05) is 35.3 Å². The maximum Gasteiger partial charge on any atom is 0.248 e. The Hall–Kier alpha value is -3.80. The molecule has 2 aromatic heterocycles. The number of fused-ring (bicyclic) bond motifs is 1. The molecule has 0 aliphatic carbocycles. The van der Waals surface area contributed by atoms with Gasteiger partial charge in [0.2, 0.25) is 11.8 Å². The maximum atomic E-state index is 12.7. The van der Waals surface area contributed by atoms with Gasteiger partial charge in [-0.05, 0) is 92.1 Å². The lowest BCUT2D eigenvalue weighted by molar-refractivity contribution is -0.111. The van der Waals surface area contributed by atoms with Crippen molar-refractivity contribution in [1.82, 2.24) is 4.98 Å². The van der Waals surface area contributed by atoms with Crippen molar-refractivity contribution >= 4 is 52.0 Å². The Balaban J connectivity index is 1.33. The van der Waals surface area contributed by atoms with E-state index in [1.165, 1.54) is 6.08 Å². The molecule has 36 heavy (non-hydrogen) atoms. The number of carbonyl (C=O) groups is 1. The van der Waals surface area contributed by atoms with Crippen LogP contribution in [0.25, 0.3) is 40.0 Å². The second-order valence-corrected chi connectivity index (χ2v) is 9.36. The molecule has 0 unspecified atom stereocenters. The lowest BCUT2D eigenvalue weighted by atomic mass is 10.1. The minimum Gasteiger partial charge on any atom is -0.457 e. The van der Waals surface area contributed by atoms with E-state index >= 15 is 0 Å². The van der Waals surface area contributed by atoms with E-state index in [2.05, 4.69) is 10.3 Å². The fourth-order valence-corrected chi connectivity index (χ4v) is 4.20. The van der Waals surface area contributed by atoms with Crippen LogP contribution in [0.3, 0.4) is 0 Å². The summed E-state index contributed by atoms with van der Waals surface area (Å²) in [5.74, 6) is 1.29. The Morgan fingerprint density at radius 1 is 0.917 bits per heavy atom. The van der Waals surface area contributed by atoms with Crippen LogP contribution in [-0.4, -0.2) is 10.9 Å². The van der Waals surface area contributed by atoms with Crippen molar-refractivity contribution in [2.75, 3.05) is 5.32 Å². The molecule has 3 aromatic carbocycles. The van der Waals surface area contributed by atoms with Crippen LogP contribution in [0.5, 0.6) is 0 Å². The SMILES string of the molecule is Cc1cc2nc(-c3ccc(C)c(NC(=O)/C=C/c4ccc(-c5cccc(Cl)c5Cl)o4)c3)oc2cc1C. The number of hydrogen-bond acceptors (Lipinski definition) is 4. The third-order valence-electron chi connectivity index (χ3n) is 5.99. The summed E-state index contributed by atoms with van der Waals surface area (Å²) in [6, 6.07) is 18.6. The largest absolute Gasteiger partial charge is 0.457 e. The van der Waals surface area contributed by atoms with Crippen LogP contribution in [0, 0.1) is 20.8 Å². The van der Waals surface area contributed by atoms with E-state index in [4.69, 9.17) is 32.0 Å². The van der Waals surface area contributed by atoms with Gasteiger partial charge >= 0.3 is 0 Å². The Labute approximate surface area is 218 Å². The lowest BCUT2D eigenvalue weighted by Gasteiger charge is -2.08. The monoisotopic (exact) mass is 516 g/mol. The van der Waals surface area contributed by atoms with Crippen LogP contribution < -0.4 is 5.32 Å². The second kappa shape index (κ2) is 9.69. The second-order valence-electron chi connectivity index (χ2n) is 8.58. The zero-order valence-corrected chi connectivity index (χ0v) is 21.4. The highest BCUT2D eigenvalue weighted by atomic mass is 35.5. The van der Waals surface area contributed by atoms with Crippen LogP contribution >= 0.6 is 23.2 Å². The number of furan rings is 1. The molecule has 0 aliphatic heterocycles. The summed E-state index contributed by atoms with van der Waals surface area (Å²) in [7, 11) is 0. The molecule has 0 saturated heterocycles. The highest BCUT2D eigenvalue weighted by molar-refractivity contribution is 6.43. The normalized spacial score (nSPS) is 11.5. The average Bonchev–Trinajstić information content (AvgIpc) is 3.48. The molecule has 5 nitrogen and oxygen atoms in total. The van der Waals surface area contributed by atoms with E-state index in [1.54, 1.807) is 30.3 Å². The summed E-state index contributed by atoms with van der Waals surface area (Å²) < 4.78 is 11.8. The molecular formula is C29H22Cl2N2O3. The Morgan fingerprint density at radius 3 is 2.56 bits per heavy atom. The molecule has 0 atom stereocenters. The average molecular weight is 517 g/mol. The maximum absolute atomic E-state index is 12.7. The lowest BCUT2D eigenvalue weighted by Crippen LogP contribution is -2.09. The highest BCUT2D eigenvalue weighted by Crippen LogP contribution is 2.34. The topological polar surface area (TPSA) is 68.3 Å². The molecule has 0 radical (unpaired) electrons. The first-order valence-electron chi connectivity index (χ1n) is 11.3. The fraction of sp³-hybridized carbons (Fsp3) is 0.103. The molecule has 5 rings (SSSR count). The summed E-state index contributed by atoms with van der Waals surface area (Å²) in [4.78, 5) is 17.3. The number of aryl methyl sites for hydroxylation is 3. The highest BCUT2D eigenvalue weighted by Gasteiger charge is 2.13. The fourth-order valence-electron chi connectivity index (χ4n) is 3.81. The summed E-state index contributed by atoms with van der Waals surface area (Å²) >= 11 is 12.4. The van der Waals surface area contributed by atoms with Crippen LogP contribution in [0.2, 0.25) is 10.0 Å². The van der Waals surface area contributed by atoms with Crippen LogP contribution in [0.15, 0.2) is 75.6 Å². The smallest absolute Gasteiger partial charge is 0.248 e. The number of anilines is 1. The molecule has 1 N–H and O–H groups in total. The first-order chi connectivity index (χ1) is 17.3. The van der Waals surface area contributed by atoms with Crippen molar-refractivity contribution in [2.45, 2.75) is 20.8 Å². The minimum atomic E-state index is -0.294. The number of oxazole rings is 1. The number of amides is 1. The zero-order valence-electron chi connectivity index (χ0n) is 19.9. The molecule has 0 fully saturated rings. The summed E-state index contributed by atoms with van der Waals surface area (Å²) in [6.45, 7) is 6.02. The first kappa shape index (κ1) is 23.9. The van der Waals surface area contributed by atoms with E-state index in [-0.39, 0.29) is 5.91 Å². The van der Waals surface area contributed by atoms with E-state index < -0.39 is 0 Å². The van der Waals surface area contributed by atoms with Crippen LogP contribution in [0.1, 0.15) is 22.5 Å². The van der Waals surface area contributed by atoms with Gasteiger partial charge in [-0.15, -0.1) is 0 Å². The van der Waals surface area contributed by atoms with Gasteiger partial charge in [-0.2, -0.15) is 0 Å². The number of benzene rings is 3. The summed E-state index contributed by atoms with van der Waals surface area (Å²) in [6.07, 6.45) is 3.02. The molecule has 5 aromatic rings. The molecule has 180 valence electrons. The van der Waals surface area contributed by atoms with Gasteiger partial charge < -0.3 is 14.2 Å². The number of carbonyl (C=O) groups excluding carboxylic acids is 1. The molecule has 7 heteroatoms. The number of nitrogens with zero attached hydrogens (tertiary/aromatic N) is 1. The van der Waals surface area contributed by atoms with Crippen molar-refractivity contribution < 1.29 is 13.6 Å². The van der Waals surface area contributed by atoms with Gasteiger partial charge in [0.25, 0.3) is 0 Å². The predicted molar refractivity (Wildman–Crippen MR) is 145 cm³/mol. The van der Waals surface area contributed by atoms with E-state index in [0.29, 0.717) is 38.7 Å². The third kappa shape index (κ3) is 4.81. The quantitative estimate of drug-likeness (QED) is 0.237. The Kier molecular flexibility index (Phi) is 6.44. The molecule has 0 bridgehead atoms. The van der Waals surface area contributed by atoms with Crippen molar-refractivity contribution in [3.05, 3.63) is 99.2 Å². The predicted octanol–water partition coefficient (Wildman–Crippen LogP) is 8.64. The number of nitrogens with one attached hydrogen (secondary N) is 1. The third-order valence-corrected chi connectivity index (χ3v) is 6.81. The van der Waals surface area contributed by atoms with Gasteiger partial charge in [0.05, 0.1) is 10.0 Å². The van der Waals surface area contributed by atoms with E-state index in [1.807, 2.05) is 57.2 Å². The molecule has 1 amide bonds. The Bertz CT molecular complexity index is 1610. The number of hydrogen-bond donors (Lipinski definition) is 1. The minimum absolute atomic E-state index is 0.294. The first-order valence-corrected chi connectivity index (χ1v) is 12.1. The van der Waals surface area contributed by atoms with Crippen molar-refractivity contribution in [1.29, 1.82) is 0 Å². The number of halogens is 2. The molecular weight excluding hydrogens is 495 g/mol. The van der Waals surface area contributed by atoms with Gasteiger partial charge in [-0.3, -0.25) is 4.79 Å². The summed E-state index contributed by atoms with van der Waals surface area (Å²) in [5, 5.41) is 3.79. The van der Waals surface area contributed by atoms with Crippen molar-refractivity contribution in [3.63, 3.8) is 0 Å². The van der Waals surface area contributed by atoms with E-state index in [9.17, 15) is 4.79 Å². The van der Waals surface area contributed by atoms with Crippen LogP contribution in [0.4, 0.5) is 5.69 Å². The van der Waals surface area contributed by atoms with Crippen LogP contribution in [-0.2, 0) is 4.79 Å². The summed E-state index contributed by atoms with van der Waals surface area (Å²) in [5.41, 5.74) is 6.89. The van der Waals surface area contributed by atoms with Gasteiger partial charge in [0.15, 0.2) is 5.58 Å². The molecule has 0 saturated carbocycles. The van der Waals surface area contributed by atoms with Gasteiger partial charge in [0.1, 0.15) is 17.0 Å².